The third-order valence-corrected chi connectivity index (χ3v) is 6.81. The van der Waals surface area contributed by atoms with E-state index < -0.39 is 5.97 Å². The Morgan fingerprint density at radius 3 is 2.66 bits per heavy atom. The maximum Gasteiger partial charge on any atom is 0.356 e. The second-order valence-electron chi connectivity index (χ2n) is 8.72. The number of esters is 1. The third-order valence-electron chi connectivity index (χ3n) is 6.58. The summed E-state index contributed by atoms with van der Waals surface area (Å²) in [5.41, 5.74) is 2.43. The van der Waals surface area contributed by atoms with Crippen LogP contribution >= 0.6 is 11.6 Å². The van der Waals surface area contributed by atoms with Crippen molar-refractivity contribution in [2.24, 2.45) is 0 Å². The fourth-order valence-electron chi connectivity index (χ4n) is 4.55. The molecule has 10 heteroatoms. The van der Waals surface area contributed by atoms with Gasteiger partial charge in [0.15, 0.2) is 11.5 Å². The molecule has 2 N–H and O–H groups in total. The standard InChI is InChI=1S/C25H27ClN4O5/c1-15(24(31)28-22-18-12-17(26)4-5-19(18)27-23(22)25(32)33-2)30-9-7-29(8-10-30)13-16-3-6-20-21(11-16)35-14-34-20/h3-6,11-12,15,27H,7-10,13-14H2,1-2H3,(H,28,31). The van der Waals surface area contributed by atoms with Gasteiger partial charge in [0.1, 0.15) is 5.69 Å². The number of anilines is 1. The molecule has 0 radical (unpaired) electrons. The Bertz CT molecular complexity index is 1270. The van der Waals surface area contributed by atoms with Crippen LogP contribution in [-0.2, 0) is 16.1 Å². The lowest BCUT2D eigenvalue weighted by Gasteiger charge is -2.37. The number of fused-ring (bicyclic) bond motifs is 2. The highest BCUT2D eigenvalue weighted by Crippen LogP contribution is 2.33. The van der Waals surface area contributed by atoms with Crippen molar-refractivity contribution in [2.45, 2.75) is 19.5 Å². The molecule has 0 aliphatic carbocycles. The highest BCUT2D eigenvalue weighted by atomic mass is 35.5. The highest BCUT2D eigenvalue weighted by molar-refractivity contribution is 6.31. The number of carbonyl (C=O) groups is 2. The first kappa shape index (κ1) is 23.5. The topological polar surface area (TPSA) is 96.1 Å². The van der Waals surface area contributed by atoms with Crippen molar-refractivity contribution in [1.29, 1.82) is 0 Å². The first-order valence-corrected chi connectivity index (χ1v) is 11.9. The predicted molar refractivity (Wildman–Crippen MR) is 132 cm³/mol. The molecule has 2 aliphatic heterocycles. The molecule has 35 heavy (non-hydrogen) atoms. The lowest BCUT2D eigenvalue weighted by molar-refractivity contribution is -0.121. The van der Waals surface area contributed by atoms with Crippen molar-refractivity contribution in [3.05, 3.63) is 52.7 Å². The molecule has 1 saturated heterocycles. The fraction of sp³-hybridized carbons (Fsp3) is 0.360. The number of carbonyl (C=O) groups excluding carboxylic acids is 2. The molecule has 5 rings (SSSR count). The van der Waals surface area contributed by atoms with Gasteiger partial charge in [0, 0.05) is 48.6 Å². The molecule has 1 aromatic heterocycles. The Balaban J connectivity index is 1.23. The number of ether oxygens (including phenoxy) is 3. The van der Waals surface area contributed by atoms with Crippen molar-refractivity contribution in [1.82, 2.24) is 14.8 Å². The van der Waals surface area contributed by atoms with E-state index >= 15 is 0 Å². The maximum absolute atomic E-state index is 13.2. The van der Waals surface area contributed by atoms with E-state index in [0.717, 1.165) is 44.2 Å². The van der Waals surface area contributed by atoms with Crippen LogP contribution in [0.1, 0.15) is 23.0 Å². The first-order chi connectivity index (χ1) is 16.9. The normalized spacial score (nSPS) is 16.9. The summed E-state index contributed by atoms with van der Waals surface area (Å²) in [4.78, 5) is 33.0. The van der Waals surface area contributed by atoms with Gasteiger partial charge in [0.25, 0.3) is 0 Å². The predicted octanol–water partition coefficient (Wildman–Crippen LogP) is 3.48. The minimum Gasteiger partial charge on any atom is -0.464 e. The molecule has 1 amide bonds. The van der Waals surface area contributed by atoms with Crippen LogP contribution in [-0.4, -0.2) is 72.8 Å². The average Bonchev–Trinajstić information content (AvgIpc) is 3.48. The molecule has 3 heterocycles. The molecule has 3 aromatic rings. The summed E-state index contributed by atoms with van der Waals surface area (Å²) in [6.07, 6.45) is 0. The number of aromatic nitrogens is 1. The summed E-state index contributed by atoms with van der Waals surface area (Å²) < 4.78 is 15.8. The van der Waals surface area contributed by atoms with E-state index in [4.69, 9.17) is 25.8 Å². The van der Waals surface area contributed by atoms with E-state index in [1.165, 1.54) is 12.7 Å². The number of benzene rings is 2. The molecule has 2 aliphatic rings. The largest absolute Gasteiger partial charge is 0.464 e. The van der Waals surface area contributed by atoms with Gasteiger partial charge >= 0.3 is 5.97 Å². The molecule has 1 unspecified atom stereocenters. The van der Waals surface area contributed by atoms with Gasteiger partial charge in [0.2, 0.25) is 12.7 Å². The molecular weight excluding hydrogens is 472 g/mol. The summed E-state index contributed by atoms with van der Waals surface area (Å²) in [7, 11) is 1.30. The van der Waals surface area contributed by atoms with Gasteiger partial charge in [-0.3, -0.25) is 14.6 Å². The summed E-state index contributed by atoms with van der Waals surface area (Å²) in [5, 5.41) is 4.11. The third kappa shape index (κ3) is 4.80. The number of amides is 1. The molecule has 1 atom stereocenters. The van der Waals surface area contributed by atoms with Crippen molar-refractivity contribution in [2.75, 3.05) is 45.4 Å². The van der Waals surface area contributed by atoms with Crippen LogP contribution in [0.4, 0.5) is 5.69 Å². The van der Waals surface area contributed by atoms with Crippen LogP contribution in [0.2, 0.25) is 5.02 Å². The zero-order valence-electron chi connectivity index (χ0n) is 19.6. The number of hydrogen-bond donors (Lipinski definition) is 2. The molecular formula is C25H27ClN4O5. The molecule has 9 nitrogen and oxygen atoms in total. The minimum absolute atomic E-state index is 0.193. The summed E-state index contributed by atoms with van der Waals surface area (Å²) in [6, 6.07) is 10.9. The Labute approximate surface area is 207 Å². The second kappa shape index (κ2) is 9.77. The SMILES string of the molecule is COC(=O)c1[nH]c2ccc(Cl)cc2c1NC(=O)C(C)N1CCN(Cc2ccc3c(c2)OCO3)CC1. The fourth-order valence-corrected chi connectivity index (χ4v) is 4.72. The Morgan fingerprint density at radius 1 is 1.11 bits per heavy atom. The Morgan fingerprint density at radius 2 is 1.89 bits per heavy atom. The van der Waals surface area contributed by atoms with Crippen molar-refractivity contribution in [3.63, 3.8) is 0 Å². The number of hydrogen-bond acceptors (Lipinski definition) is 7. The highest BCUT2D eigenvalue weighted by Gasteiger charge is 2.28. The van der Waals surface area contributed by atoms with Crippen molar-refractivity contribution >= 4 is 40.1 Å². The zero-order valence-corrected chi connectivity index (χ0v) is 20.4. The first-order valence-electron chi connectivity index (χ1n) is 11.5. The zero-order chi connectivity index (χ0) is 24.5. The molecule has 1 fully saturated rings. The van der Waals surface area contributed by atoms with E-state index in [2.05, 4.69) is 26.2 Å². The molecule has 0 spiro atoms. The molecule has 2 aromatic carbocycles. The molecule has 184 valence electrons. The minimum atomic E-state index is -0.558. The van der Waals surface area contributed by atoms with Gasteiger partial charge < -0.3 is 24.5 Å². The Hall–Kier alpha value is -3.27. The number of aromatic amines is 1. The number of methoxy groups -OCH3 is 1. The van der Waals surface area contributed by atoms with Gasteiger partial charge in [-0.15, -0.1) is 0 Å². The number of H-pyrrole nitrogens is 1. The quantitative estimate of drug-likeness (QED) is 0.502. The van der Waals surface area contributed by atoms with E-state index in [9.17, 15) is 9.59 Å². The van der Waals surface area contributed by atoms with Gasteiger partial charge in [-0.1, -0.05) is 17.7 Å². The van der Waals surface area contributed by atoms with Crippen molar-refractivity contribution < 1.29 is 23.8 Å². The van der Waals surface area contributed by atoms with Crippen LogP contribution in [0.25, 0.3) is 10.9 Å². The van der Waals surface area contributed by atoms with E-state index in [0.29, 0.717) is 21.6 Å². The Kier molecular flexibility index (Phi) is 6.55. The monoisotopic (exact) mass is 498 g/mol. The molecule has 0 saturated carbocycles. The van der Waals surface area contributed by atoms with E-state index in [1.807, 2.05) is 19.1 Å². The van der Waals surface area contributed by atoms with Gasteiger partial charge in [0.05, 0.1) is 18.8 Å². The van der Waals surface area contributed by atoms with Crippen LogP contribution in [0.5, 0.6) is 11.5 Å². The van der Waals surface area contributed by atoms with Gasteiger partial charge in [-0.2, -0.15) is 0 Å². The van der Waals surface area contributed by atoms with Gasteiger partial charge in [-0.25, -0.2) is 4.79 Å². The number of nitrogens with one attached hydrogen (secondary N) is 2. The smallest absolute Gasteiger partial charge is 0.356 e. The van der Waals surface area contributed by atoms with Crippen LogP contribution in [0, 0.1) is 0 Å². The average molecular weight is 499 g/mol. The van der Waals surface area contributed by atoms with E-state index in [1.54, 1.807) is 18.2 Å². The summed E-state index contributed by atoms with van der Waals surface area (Å²) >= 11 is 6.16. The number of halogens is 1. The second-order valence-corrected chi connectivity index (χ2v) is 9.16. The van der Waals surface area contributed by atoms with Crippen LogP contribution in [0.3, 0.4) is 0 Å². The molecule has 0 bridgehead atoms. The summed E-state index contributed by atoms with van der Waals surface area (Å²) in [5.74, 6) is 0.820. The van der Waals surface area contributed by atoms with E-state index in [-0.39, 0.29) is 24.4 Å². The lowest BCUT2D eigenvalue weighted by atomic mass is 10.1. The number of piperazine rings is 1. The number of rotatable bonds is 6. The van der Waals surface area contributed by atoms with Crippen molar-refractivity contribution in [3.8, 4) is 11.5 Å². The van der Waals surface area contributed by atoms with Gasteiger partial charge in [-0.05, 0) is 42.8 Å². The summed E-state index contributed by atoms with van der Waals surface area (Å²) in [6.45, 7) is 6.13. The lowest BCUT2D eigenvalue weighted by Crippen LogP contribution is -2.52. The van der Waals surface area contributed by atoms with Crippen LogP contribution < -0.4 is 14.8 Å². The maximum atomic E-state index is 13.2. The van der Waals surface area contributed by atoms with Crippen LogP contribution in [0.15, 0.2) is 36.4 Å². The number of nitrogens with zero attached hydrogens (tertiary/aromatic N) is 2.